The molecule has 21 heavy (non-hydrogen) atoms. The van der Waals surface area contributed by atoms with E-state index in [1.807, 2.05) is 17.0 Å². The highest BCUT2D eigenvalue weighted by molar-refractivity contribution is 5.82. The number of hydrogen-bond donors (Lipinski definition) is 0. The van der Waals surface area contributed by atoms with Crippen molar-refractivity contribution in [3.63, 3.8) is 0 Å². The van der Waals surface area contributed by atoms with Crippen molar-refractivity contribution in [1.82, 2.24) is 4.90 Å². The molecule has 1 aromatic heterocycles. The maximum absolute atomic E-state index is 12.9. The van der Waals surface area contributed by atoms with E-state index >= 15 is 0 Å². The van der Waals surface area contributed by atoms with Crippen LogP contribution in [-0.4, -0.2) is 30.1 Å². The van der Waals surface area contributed by atoms with Gasteiger partial charge in [0.25, 0.3) is 0 Å². The minimum absolute atomic E-state index is 0.211. The van der Waals surface area contributed by atoms with Gasteiger partial charge in [0.1, 0.15) is 5.76 Å². The largest absolute Gasteiger partial charge is 0.467 e. The highest BCUT2D eigenvalue weighted by Gasteiger charge is 2.57. The van der Waals surface area contributed by atoms with Gasteiger partial charge in [-0.1, -0.05) is 6.42 Å². The van der Waals surface area contributed by atoms with Crippen molar-refractivity contribution in [3.05, 3.63) is 24.2 Å². The van der Waals surface area contributed by atoms with Crippen molar-refractivity contribution in [2.75, 3.05) is 13.2 Å². The SMILES string of the molecule is O=C(C1C2CCCC21)N(Cc1ccco1)CC1CCCO1. The molecule has 0 spiro atoms. The zero-order valence-corrected chi connectivity index (χ0v) is 12.4. The number of carbonyl (C=O) groups excluding carboxylic acids is 1. The second-order valence-electron chi connectivity index (χ2n) is 6.72. The highest BCUT2D eigenvalue weighted by Crippen LogP contribution is 2.58. The molecule has 0 radical (unpaired) electrons. The molecule has 114 valence electrons. The third kappa shape index (κ3) is 2.61. The molecule has 3 atom stereocenters. The molecule has 1 aliphatic heterocycles. The topological polar surface area (TPSA) is 42.7 Å². The Morgan fingerprint density at radius 1 is 1.24 bits per heavy atom. The first kappa shape index (κ1) is 13.4. The minimum Gasteiger partial charge on any atom is -0.467 e. The van der Waals surface area contributed by atoms with Crippen molar-refractivity contribution in [2.45, 2.75) is 44.8 Å². The van der Waals surface area contributed by atoms with Gasteiger partial charge in [0.15, 0.2) is 0 Å². The van der Waals surface area contributed by atoms with Crippen molar-refractivity contribution in [3.8, 4) is 0 Å². The molecule has 1 saturated heterocycles. The van der Waals surface area contributed by atoms with Crippen LogP contribution in [0.2, 0.25) is 0 Å². The van der Waals surface area contributed by atoms with Crippen LogP contribution in [-0.2, 0) is 16.1 Å². The van der Waals surface area contributed by atoms with Crippen LogP contribution in [0, 0.1) is 17.8 Å². The summed E-state index contributed by atoms with van der Waals surface area (Å²) < 4.78 is 11.2. The molecule has 1 amide bonds. The average molecular weight is 289 g/mol. The molecule has 3 fully saturated rings. The van der Waals surface area contributed by atoms with E-state index < -0.39 is 0 Å². The Kier molecular flexibility index (Phi) is 3.49. The summed E-state index contributed by atoms with van der Waals surface area (Å²) in [6, 6.07) is 3.83. The van der Waals surface area contributed by atoms with Gasteiger partial charge in [-0.05, 0) is 49.7 Å². The maximum atomic E-state index is 12.9. The summed E-state index contributed by atoms with van der Waals surface area (Å²) in [6.45, 7) is 2.14. The number of carbonyl (C=O) groups is 1. The Labute approximate surface area is 125 Å². The molecule has 1 aromatic rings. The lowest BCUT2D eigenvalue weighted by Crippen LogP contribution is -2.38. The molecule has 4 heteroatoms. The van der Waals surface area contributed by atoms with Gasteiger partial charge in [-0.3, -0.25) is 4.79 Å². The van der Waals surface area contributed by atoms with Crippen LogP contribution in [0.25, 0.3) is 0 Å². The molecule has 0 bridgehead atoms. The first-order valence-electron chi connectivity index (χ1n) is 8.25. The predicted molar refractivity (Wildman–Crippen MR) is 77.4 cm³/mol. The third-order valence-corrected chi connectivity index (χ3v) is 5.38. The Morgan fingerprint density at radius 2 is 2.10 bits per heavy atom. The first-order chi connectivity index (χ1) is 10.3. The van der Waals surface area contributed by atoms with Crippen LogP contribution in [0.1, 0.15) is 37.9 Å². The van der Waals surface area contributed by atoms with E-state index in [1.54, 1.807) is 6.26 Å². The van der Waals surface area contributed by atoms with Crippen LogP contribution in [0.5, 0.6) is 0 Å². The van der Waals surface area contributed by atoms with Crippen LogP contribution in [0.3, 0.4) is 0 Å². The normalized spacial score (nSPS) is 33.9. The van der Waals surface area contributed by atoms with E-state index in [9.17, 15) is 4.79 Å². The molecular formula is C17H23NO3. The van der Waals surface area contributed by atoms with E-state index in [0.29, 0.717) is 24.3 Å². The molecule has 0 aromatic carbocycles. The molecule has 0 N–H and O–H groups in total. The number of hydrogen-bond acceptors (Lipinski definition) is 3. The number of fused-ring (bicyclic) bond motifs is 1. The van der Waals surface area contributed by atoms with Gasteiger partial charge in [-0.25, -0.2) is 0 Å². The first-order valence-corrected chi connectivity index (χ1v) is 8.25. The van der Waals surface area contributed by atoms with Gasteiger partial charge in [0, 0.05) is 19.1 Å². The fourth-order valence-corrected chi connectivity index (χ4v) is 4.26. The Balaban J connectivity index is 1.44. The second kappa shape index (κ2) is 5.48. The van der Waals surface area contributed by atoms with E-state index in [0.717, 1.165) is 31.8 Å². The van der Waals surface area contributed by atoms with Gasteiger partial charge in [-0.2, -0.15) is 0 Å². The summed E-state index contributed by atoms with van der Waals surface area (Å²) in [6.07, 6.45) is 7.87. The van der Waals surface area contributed by atoms with Gasteiger partial charge in [0.2, 0.25) is 5.91 Å². The van der Waals surface area contributed by atoms with E-state index in [1.165, 1.54) is 19.3 Å². The standard InChI is InChI=1S/C17H23NO3/c19-17(16-14-6-1-7-15(14)16)18(10-12-4-2-8-20-12)11-13-5-3-9-21-13/h2,4,8,13-16H,1,3,5-7,9-11H2. The molecular weight excluding hydrogens is 266 g/mol. The summed E-state index contributed by atoms with van der Waals surface area (Å²) in [5, 5.41) is 0. The van der Waals surface area contributed by atoms with Gasteiger partial charge in [-0.15, -0.1) is 0 Å². The summed E-state index contributed by atoms with van der Waals surface area (Å²) in [4.78, 5) is 14.8. The summed E-state index contributed by atoms with van der Waals surface area (Å²) >= 11 is 0. The average Bonchev–Trinajstić information content (AvgIpc) is 3.05. The molecule has 3 aliphatic rings. The molecule has 4 rings (SSSR count). The second-order valence-corrected chi connectivity index (χ2v) is 6.72. The fourth-order valence-electron chi connectivity index (χ4n) is 4.26. The molecule has 3 unspecified atom stereocenters. The Morgan fingerprint density at radius 3 is 2.76 bits per heavy atom. The highest BCUT2D eigenvalue weighted by atomic mass is 16.5. The number of ether oxygens (including phenoxy) is 1. The monoisotopic (exact) mass is 289 g/mol. The fraction of sp³-hybridized carbons (Fsp3) is 0.706. The third-order valence-electron chi connectivity index (χ3n) is 5.38. The lowest BCUT2D eigenvalue weighted by atomic mass is 10.1. The molecule has 4 nitrogen and oxygen atoms in total. The predicted octanol–water partition coefficient (Wildman–Crippen LogP) is 2.83. The smallest absolute Gasteiger partial charge is 0.226 e. The van der Waals surface area contributed by atoms with Crippen LogP contribution < -0.4 is 0 Å². The zero-order chi connectivity index (χ0) is 14.2. The molecule has 2 saturated carbocycles. The van der Waals surface area contributed by atoms with Crippen molar-refractivity contribution in [2.24, 2.45) is 17.8 Å². The molecule has 2 heterocycles. The number of rotatable bonds is 5. The number of nitrogens with zero attached hydrogens (tertiary/aromatic N) is 1. The lowest BCUT2D eigenvalue weighted by molar-refractivity contribution is -0.136. The number of amides is 1. The van der Waals surface area contributed by atoms with E-state index in [-0.39, 0.29) is 12.0 Å². The van der Waals surface area contributed by atoms with Crippen molar-refractivity contribution in [1.29, 1.82) is 0 Å². The van der Waals surface area contributed by atoms with E-state index in [4.69, 9.17) is 9.15 Å². The Bertz CT molecular complexity index is 482. The summed E-state index contributed by atoms with van der Waals surface area (Å²) in [5.74, 6) is 2.82. The molecule has 2 aliphatic carbocycles. The van der Waals surface area contributed by atoms with E-state index in [2.05, 4.69) is 0 Å². The van der Waals surface area contributed by atoms with Crippen LogP contribution in [0.15, 0.2) is 22.8 Å². The van der Waals surface area contributed by atoms with Crippen molar-refractivity contribution < 1.29 is 13.9 Å². The van der Waals surface area contributed by atoms with Crippen LogP contribution in [0.4, 0.5) is 0 Å². The van der Waals surface area contributed by atoms with Gasteiger partial charge in [0.05, 0.1) is 18.9 Å². The van der Waals surface area contributed by atoms with Gasteiger partial charge >= 0.3 is 0 Å². The lowest BCUT2D eigenvalue weighted by Gasteiger charge is -2.25. The zero-order valence-electron chi connectivity index (χ0n) is 12.4. The summed E-state index contributed by atoms with van der Waals surface area (Å²) in [7, 11) is 0. The Hall–Kier alpha value is -1.29. The number of furan rings is 1. The van der Waals surface area contributed by atoms with Crippen molar-refractivity contribution >= 4 is 5.91 Å². The van der Waals surface area contributed by atoms with Gasteiger partial charge < -0.3 is 14.1 Å². The maximum Gasteiger partial charge on any atom is 0.226 e. The summed E-state index contributed by atoms with van der Waals surface area (Å²) in [5.41, 5.74) is 0. The van der Waals surface area contributed by atoms with Crippen LogP contribution >= 0.6 is 0 Å². The minimum atomic E-state index is 0.211. The quantitative estimate of drug-likeness (QED) is 0.837.